The van der Waals surface area contributed by atoms with Gasteiger partial charge >= 0.3 is 12.0 Å². The number of nitrogens with zero attached hydrogens (tertiary/aromatic N) is 2. The maximum Gasteiger partial charge on any atom is 0.324 e. The number of thioether (sulfide) groups is 1. The minimum absolute atomic E-state index is 0.0516. The van der Waals surface area contributed by atoms with Crippen molar-refractivity contribution in [2.45, 2.75) is 112 Å². The van der Waals surface area contributed by atoms with Crippen LogP contribution in [0.5, 0.6) is 0 Å². The summed E-state index contributed by atoms with van der Waals surface area (Å²) >= 11 is 2.61. The summed E-state index contributed by atoms with van der Waals surface area (Å²) in [4.78, 5) is 31.5. The fraction of sp³-hybridized carbons (Fsp3) is 0.800. The number of methoxy groups -OCH3 is 1. The van der Waals surface area contributed by atoms with Crippen LogP contribution in [0.15, 0.2) is 10.4 Å². The lowest BCUT2D eigenvalue weighted by atomic mass is 9.79. The van der Waals surface area contributed by atoms with Crippen LogP contribution < -0.4 is 5.32 Å². The molecule has 0 saturated heterocycles. The van der Waals surface area contributed by atoms with Crippen molar-refractivity contribution in [1.29, 1.82) is 0 Å². The van der Waals surface area contributed by atoms with Gasteiger partial charge in [-0.25, -0.2) is 9.78 Å². The first-order valence-electron chi connectivity index (χ1n) is 12.8. The average molecular weight is 510 g/mol. The molecule has 0 radical (unpaired) electrons. The van der Waals surface area contributed by atoms with Crippen LogP contribution in [-0.2, 0) is 9.53 Å². The molecular formula is C25H39N3O4S2. The fourth-order valence-corrected chi connectivity index (χ4v) is 7.97. The van der Waals surface area contributed by atoms with Gasteiger partial charge in [0, 0.05) is 19.2 Å². The molecule has 1 heterocycles. The molecule has 1 aromatic rings. The van der Waals surface area contributed by atoms with Crippen molar-refractivity contribution in [2.75, 3.05) is 12.4 Å². The number of aromatic nitrogens is 1. The second kappa shape index (κ2) is 11.2. The van der Waals surface area contributed by atoms with E-state index in [2.05, 4.69) is 15.2 Å². The zero-order valence-electron chi connectivity index (χ0n) is 20.6. The highest BCUT2D eigenvalue weighted by molar-refractivity contribution is 8.03. The molecule has 0 bridgehead atoms. The van der Waals surface area contributed by atoms with E-state index in [9.17, 15) is 14.7 Å². The van der Waals surface area contributed by atoms with E-state index in [1.807, 2.05) is 7.11 Å². The van der Waals surface area contributed by atoms with Crippen molar-refractivity contribution in [1.82, 2.24) is 9.88 Å². The number of ether oxygens (including phenoxy) is 1. The number of amides is 2. The molecule has 34 heavy (non-hydrogen) atoms. The van der Waals surface area contributed by atoms with Gasteiger partial charge < -0.3 is 14.7 Å². The predicted molar refractivity (Wildman–Crippen MR) is 137 cm³/mol. The van der Waals surface area contributed by atoms with E-state index in [-0.39, 0.29) is 18.1 Å². The van der Waals surface area contributed by atoms with E-state index in [0.29, 0.717) is 17.2 Å². The maximum atomic E-state index is 13.6. The molecule has 0 aromatic carbocycles. The Balaban J connectivity index is 1.41. The Morgan fingerprint density at radius 3 is 2.24 bits per heavy atom. The lowest BCUT2D eigenvalue weighted by Gasteiger charge is -2.43. The highest BCUT2D eigenvalue weighted by Gasteiger charge is 2.41. The number of urea groups is 1. The van der Waals surface area contributed by atoms with Crippen LogP contribution in [0, 0.1) is 11.8 Å². The normalized spacial score (nSPS) is 25.0. The number of rotatable bonds is 9. The van der Waals surface area contributed by atoms with E-state index >= 15 is 0 Å². The first kappa shape index (κ1) is 25.8. The van der Waals surface area contributed by atoms with Gasteiger partial charge in [-0.3, -0.25) is 10.1 Å². The van der Waals surface area contributed by atoms with Crippen molar-refractivity contribution < 1.29 is 19.4 Å². The molecule has 2 amide bonds. The van der Waals surface area contributed by atoms with Gasteiger partial charge in [-0.1, -0.05) is 42.4 Å². The van der Waals surface area contributed by atoms with Crippen molar-refractivity contribution >= 4 is 40.2 Å². The third kappa shape index (κ3) is 6.26. The predicted octanol–water partition coefficient (Wildman–Crippen LogP) is 6.25. The van der Waals surface area contributed by atoms with Crippen LogP contribution in [0.2, 0.25) is 0 Å². The number of carbonyl (C=O) groups excluding carboxylic acids is 1. The molecule has 7 nitrogen and oxygen atoms in total. The van der Waals surface area contributed by atoms with Gasteiger partial charge in [0.15, 0.2) is 5.13 Å². The summed E-state index contributed by atoms with van der Waals surface area (Å²) < 4.78 is 5.71. The van der Waals surface area contributed by atoms with Crippen LogP contribution in [-0.4, -0.2) is 57.0 Å². The Hall–Kier alpha value is -1.32. The lowest BCUT2D eigenvalue weighted by molar-refractivity contribution is -0.138. The molecule has 1 unspecified atom stereocenters. The Labute approximate surface area is 211 Å². The molecule has 3 aliphatic carbocycles. The highest BCUT2D eigenvalue weighted by atomic mass is 32.2. The molecule has 1 atom stereocenters. The molecular weight excluding hydrogens is 470 g/mol. The topological polar surface area (TPSA) is 91.8 Å². The van der Waals surface area contributed by atoms with E-state index in [0.717, 1.165) is 48.7 Å². The zero-order chi connectivity index (χ0) is 24.3. The summed E-state index contributed by atoms with van der Waals surface area (Å²) in [7, 11) is 1.86. The molecule has 1 aromatic heterocycles. The number of anilines is 1. The number of thiazole rings is 1. The summed E-state index contributed by atoms with van der Waals surface area (Å²) in [5, 5.41) is 13.0. The van der Waals surface area contributed by atoms with E-state index in [4.69, 9.17) is 4.74 Å². The summed E-state index contributed by atoms with van der Waals surface area (Å²) in [6, 6.07) is 0.497. The second-order valence-corrected chi connectivity index (χ2v) is 13.6. The molecule has 2 N–H and O–H groups in total. The van der Waals surface area contributed by atoms with Gasteiger partial charge in [-0.2, -0.15) is 0 Å². The number of carboxylic acids is 1. The standard InChI is InChI=1S/C25H39N3O4S2/c1-25(2,22(29)30)34-20-15-26-23(33-20)27-24(31)28(18-7-5-4-6-8-18)19-13-11-17(12-14-19)21(32-3)16-9-10-16/h15-19,21H,4-14H2,1-3H3,(H,29,30)(H,26,27,31)/t17-,19-,21?. The zero-order valence-corrected chi connectivity index (χ0v) is 22.3. The van der Waals surface area contributed by atoms with Crippen LogP contribution in [0.3, 0.4) is 0 Å². The molecule has 3 saturated carbocycles. The molecule has 4 rings (SSSR count). The monoisotopic (exact) mass is 509 g/mol. The SMILES string of the molecule is COC(C1CC1)[C@H]1CC[C@H](N(C(=O)Nc2ncc(SC(C)(C)C(=O)O)s2)C2CCCCC2)CC1. The first-order valence-corrected chi connectivity index (χ1v) is 14.4. The van der Waals surface area contributed by atoms with E-state index < -0.39 is 10.7 Å². The van der Waals surface area contributed by atoms with Gasteiger partial charge in [0.05, 0.1) is 16.5 Å². The van der Waals surface area contributed by atoms with Crippen molar-refractivity contribution in [3.05, 3.63) is 6.20 Å². The summed E-state index contributed by atoms with van der Waals surface area (Å²) in [5.41, 5.74) is 0. The Morgan fingerprint density at radius 1 is 1.09 bits per heavy atom. The number of carboxylic acid groups (broad SMARTS) is 1. The van der Waals surface area contributed by atoms with E-state index in [1.165, 1.54) is 55.2 Å². The molecule has 0 spiro atoms. The first-order chi connectivity index (χ1) is 16.3. The smallest absolute Gasteiger partial charge is 0.324 e. The quantitative estimate of drug-likeness (QED) is 0.382. The second-order valence-electron chi connectivity index (χ2n) is 10.6. The minimum Gasteiger partial charge on any atom is -0.480 e. The lowest BCUT2D eigenvalue weighted by Crippen LogP contribution is -2.51. The van der Waals surface area contributed by atoms with Crippen LogP contribution >= 0.6 is 23.1 Å². The number of carbonyl (C=O) groups is 2. The Morgan fingerprint density at radius 2 is 1.68 bits per heavy atom. The van der Waals surface area contributed by atoms with Gasteiger partial charge in [0.25, 0.3) is 0 Å². The number of nitrogens with one attached hydrogen (secondary N) is 1. The third-order valence-corrected chi connectivity index (χ3v) is 9.93. The van der Waals surface area contributed by atoms with E-state index in [1.54, 1.807) is 20.0 Å². The summed E-state index contributed by atoms with van der Waals surface area (Å²) in [6.07, 6.45) is 14.7. The van der Waals surface area contributed by atoms with Gasteiger partial charge in [-0.05, 0) is 77.0 Å². The van der Waals surface area contributed by atoms with Crippen molar-refractivity contribution in [3.8, 4) is 0 Å². The van der Waals surface area contributed by atoms with Gasteiger partial charge in [-0.15, -0.1) is 0 Å². The molecule has 190 valence electrons. The van der Waals surface area contributed by atoms with Crippen LogP contribution in [0.25, 0.3) is 0 Å². The van der Waals surface area contributed by atoms with Crippen molar-refractivity contribution in [2.24, 2.45) is 11.8 Å². The van der Waals surface area contributed by atoms with Gasteiger partial charge in [0.2, 0.25) is 0 Å². The van der Waals surface area contributed by atoms with Crippen LogP contribution in [0.4, 0.5) is 9.93 Å². The number of hydrogen-bond acceptors (Lipinski definition) is 6. The summed E-state index contributed by atoms with van der Waals surface area (Å²) in [5.74, 6) is 0.487. The summed E-state index contributed by atoms with van der Waals surface area (Å²) in [6.45, 7) is 3.35. The highest BCUT2D eigenvalue weighted by Crippen LogP contribution is 2.43. The largest absolute Gasteiger partial charge is 0.480 e. The molecule has 9 heteroatoms. The Kier molecular flexibility index (Phi) is 8.46. The maximum absolute atomic E-state index is 13.6. The van der Waals surface area contributed by atoms with Crippen molar-refractivity contribution in [3.63, 3.8) is 0 Å². The molecule has 0 aliphatic heterocycles. The van der Waals surface area contributed by atoms with Gasteiger partial charge in [0.1, 0.15) is 4.75 Å². The molecule has 3 aliphatic rings. The third-order valence-electron chi connectivity index (χ3n) is 7.73. The average Bonchev–Trinajstić information content (AvgIpc) is 3.56. The number of hydrogen-bond donors (Lipinski definition) is 2. The fourth-order valence-electron chi connectivity index (χ4n) is 5.71. The number of aliphatic carboxylic acids is 1. The minimum atomic E-state index is -0.943. The molecule has 3 fully saturated rings. The Bertz CT molecular complexity index is 843. The van der Waals surface area contributed by atoms with Crippen LogP contribution in [0.1, 0.15) is 84.5 Å².